The summed E-state index contributed by atoms with van der Waals surface area (Å²) in [6, 6.07) is 24.0. The molecule has 0 fully saturated rings. The van der Waals surface area contributed by atoms with Gasteiger partial charge in [-0.1, -0.05) is 96.1 Å². The minimum absolute atomic E-state index is 0.122. The number of nitrogens with zero attached hydrogens (tertiary/aromatic N) is 1. The number of carbonyl (C=O) groups excluding carboxylic acids is 3. The molecule has 6 nitrogen and oxygen atoms in total. The first kappa shape index (κ1) is 30.2. The zero-order valence-corrected chi connectivity index (χ0v) is 26.5. The van der Waals surface area contributed by atoms with Crippen molar-refractivity contribution >= 4 is 39.2 Å². The van der Waals surface area contributed by atoms with Crippen LogP contribution in [0.1, 0.15) is 97.0 Å². The van der Waals surface area contributed by atoms with E-state index >= 15 is 0 Å². The van der Waals surface area contributed by atoms with Crippen molar-refractivity contribution in [2.75, 3.05) is 0 Å². The van der Waals surface area contributed by atoms with Gasteiger partial charge in [0.1, 0.15) is 17.2 Å². The number of esters is 1. The SMILES string of the molecule is CC(C)(C)c1cc(CCC(=O)Oc2cccc3ccc(C4C(=O)c5cc6ccccc6cc5C4=O)nc23)cc(C(C)(C)C)c1O. The number of aromatic nitrogens is 1. The van der Waals surface area contributed by atoms with Crippen LogP contribution in [0.15, 0.2) is 78.9 Å². The molecule has 0 spiro atoms. The topological polar surface area (TPSA) is 93.6 Å². The molecule has 0 aliphatic heterocycles. The summed E-state index contributed by atoms with van der Waals surface area (Å²) in [6.07, 6.45) is 0.558. The number of phenolic OH excluding ortho intramolecular Hbond substituents is 1. The van der Waals surface area contributed by atoms with Gasteiger partial charge < -0.3 is 9.84 Å². The lowest BCUT2D eigenvalue weighted by Crippen LogP contribution is -2.18. The van der Waals surface area contributed by atoms with Gasteiger partial charge in [0, 0.05) is 22.9 Å². The Morgan fingerprint density at radius 1 is 0.756 bits per heavy atom. The number of benzene rings is 4. The number of phenols is 1. The van der Waals surface area contributed by atoms with E-state index in [0.29, 0.717) is 34.5 Å². The van der Waals surface area contributed by atoms with E-state index in [-0.39, 0.29) is 34.6 Å². The number of hydrogen-bond donors (Lipinski definition) is 1. The average Bonchev–Trinajstić information content (AvgIpc) is 3.22. The molecule has 6 heteroatoms. The third-order valence-corrected chi connectivity index (χ3v) is 8.57. The number of hydrogen-bond acceptors (Lipinski definition) is 6. The van der Waals surface area contributed by atoms with E-state index in [0.717, 1.165) is 32.8 Å². The number of carbonyl (C=O) groups is 3. The molecule has 0 bridgehead atoms. The summed E-state index contributed by atoms with van der Waals surface area (Å²) >= 11 is 0. The molecule has 45 heavy (non-hydrogen) atoms. The Kier molecular flexibility index (Phi) is 7.35. The molecular weight excluding hydrogens is 562 g/mol. The third-order valence-electron chi connectivity index (χ3n) is 8.57. The summed E-state index contributed by atoms with van der Waals surface area (Å²) in [5, 5.41) is 13.6. The van der Waals surface area contributed by atoms with Gasteiger partial charge in [0.15, 0.2) is 17.3 Å². The van der Waals surface area contributed by atoms with Crippen LogP contribution in [0.4, 0.5) is 0 Å². The summed E-state index contributed by atoms with van der Waals surface area (Å²) in [7, 11) is 0. The van der Waals surface area contributed by atoms with E-state index in [4.69, 9.17) is 9.72 Å². The highest BCUT2D eigenvalue weighted by Gasteiger charge is 2.41. The molecule has 1 aliphatic carbocycles. The Labute approximate surface area is 263 Å². The van der Waals surface area contributed by atoms with Crippen LogP contribution in [0.2, 0.25) is 0 Å². The maximum Gasteiger partial charge on any atom is 0.311 e. The maximum absolute atomic E-state index is 13.5. The molecule has 228 valence electrons. The Balaban J connectivity index is 1.26. The number of ether oxygens (including phenoxy) is 1. The smallest absolute Gasteiger partial charge is 0.311 e. The van der Waals surface area contributed by atoms with E-state index in [1.54, 1.807) is 36.4 Å². The second kappa shape index (κ2) is 11.0. The second-order valence-electron chi connectivity index (χ2n) is 14.0. The van der Waals surface area contributed by atoms with Crippen molar-refractivity contribution in [3.63, 3.8) is 0 Å². The first-order valence-electron chi connectivity index (χ1n) is 15.3. The average molecular weight is 600 g/mol. The van der Waals surface area contributed by atoms with E-state index in [9.17, 15) is 19.5 Å². The molecule has 0 saturated heterocycles. The van der Waals surface area contributed by atoms with Gasteiger partial charge in [0.25, 0.3) is 0 Å². The number of Topliss-reactive ketones (excluding diaryl/α,β-unsaturated/α-hetero) is 2. The van der Waals surface area contributed by atoms with Crippen molar-refractivity contribution in [1.82, 2.24) is 4.98 Å². The molecule has 1 aromatic heterocycles. The van der Waals surface area contributed by atoms with Crippen LogP contribution < -0.4 is 4.74 Å². The van der Waals surface area contributed by atoms with Crippen LogP contribution in [0.25, 0.3) is 21.7 Å². The fourth-order valence-electron chi connectivity index (χ4n) is 6.13. The molecule has 4 aromatic carbocycles. The largest absolute Gasteiger partial charge is 0.507 e. The predicted octanol–water partition coefficient (Wildman–Crippen LogP) is 8.39. The van der Waals surface area contributed by atoms with Crippen molar-refractivity contribution in [2.45, 2.75) is 71.1 Å². The summed E-state index contributed by atoms with van der Waals surface area (Å²) in [6.45, 7) is 12.3. The quantitative estimate of drug-likeness (QED) is 0.124. The number of rotatable bonds is 5. The standard InChI is InChI=1S/C39H37NO5/c1-38(2,3)28-18-22(19-29(37(28)44)39(4,5)6)14-17-32(41)45-31-13-9-12-23-15-16-30(40-34(23)31)33-35(42)26-20-24-10-7-8-11-25(24)21-27(26)36(33)43/h7-13,15-16,18-21,33,44H,14,17H2,1-6H3. The molecule has 1 N–H and O–H groups in total. The summed E-state index contributed by atoms with van der Waals surface area (Å²) in [5.41, 5.74) is 3.64. The first-order valence-corrected chi connectivity index (χ1v) is 15.3. The lowest BCUT2D eigenvalue weighted by molar-refractivity contribution is -0.134. The third kappa shape index (κ3) is 5.61. The number of fused-ring (bicyclic) bond motifs is 3. The molecule has 0 saturated carbocycles. The molecule has 0 radical (unpaired) electrons. The Morgan fingerprint density at radius 2 is 1.31 bits per heavy atom. The van der Waals surface area contributed by atoms with Gasteiger partial charge in [-0.15, -0.1) is 0 Å². The molecule has 1 heterocycles. The van der Waals surface area contributed by atoms with Crippen molar-refractivity contribution in [1.29, 1.82) is 0 Å². The highest BCUT2D eigenvalue weighted by Crippen LogP contribution is 2.40. The van der Waals surface area contributed by atoms with Crippen molar-refractivity contribution in [3.8, 4) is 11.5 Å². The lowest BCUT2D eigenvalue weighted by Gasteiger charge is -2.28. The fraction of sp³-hybridized carbons (Fsp3) is 0.282. The van der Waals surface area contributed by atoms with Gasteiger partial charge in [-0.2, -0.15) is 0 Å². The van der Waals surface area contributed by atoms with E-state index in [1.165, 1.54) is 0 Å². The van der Waals surface area contributed by atoms with Crippen LogP contribution >= 0.6 is 0 Å². The van der Waals surface area contributed by atoms with E-state index < -0.39 is 11.9 Å². The number of ketones is 2. The molecule has 5 aromatic rings. The lowest BCUT2D eigenvalue weighted by atomic mass is 9.78. The van der Waals surface area contributed by atoms with Crippen molar-refractivity contribution < 1.29 is 24.2 Å². The summed E-state index contributed by atoms with van der Waals surface area (Å²) in [5.74, 6) is -1.45. The summed E-state index contributed by atoms with van der Waals surface area (Å²) in [4.78, 5) is 44.9. The van der Waals surface area contributed by atoms with Gasteiger partial charge in [-0.25, -0.2) is 4.98 Å². The number of pyridine rings is 1. The molecule has 0 atom stereocenters. The summed E-state index contributed by atoms with van der Waals surface area (Å²) < 4.78 is 5.83. The highest BCUT2D eigenvalue weighted by molar-refractivity contribution is 6.30. The van der Waals surface area contributed by atoms with E-state index in [1.807, 2.05) is 42.5 Å². The first-order chi connectivity index (χ1) is 21.2. The second-order valence-corrected chi connectivity index (χ2v) is 14.0. The van der Waals surface area contributed by atoms with Crippen LogP contribution in [-0.2, 0) is 22.0 Å². The van der Waals surface area contributed by atoms with Crippen LogP contribution in [0.5, 0.6) is 11.5 Å². The van der Waals surface area contributed by atoms with Gasteiger partial charge in [-0.3, -0.25) is 14.4 Å². The van der Waals surface area contributed by atoms with E-state index in [2.05, 4.69) is 41.5 Å². The Bertz CT molecular complexity index is 1940. The minimum Gasteiger partial charge on any atom is -0.507 e. The Hall–Kier alpha value is -4.84. The molecule has 0 amide bonds. The van der Waals surface area contributed by atoms with Gasteiger partial charge in [-0.05, 0) is 69.0 Å². The number of aromatic hydroxyl groups is 1. The van der Waals surface area contributed by atoms with Gasteiger partial charge in [0.2, 0.25) is 0 Å². The zero-order chi connectivity index (χ0) is 32.3. The Morgan fingerprint density at radius 3 is 1.87 bits per heavy atom. The molecule has 1 aliphatic rings. The molecular formula is C39H37NO5. The number of aryl methyl sites for hydroxylation is 1. The highest BCUT2D eigenvalue weighted by atomic mass is 16.5. The van der Waals surface area contributed by atoms with Gasteiger partial charge >= 0.3 is 5.97 Å². The molecule has 6 rings (SSSR count). The zero-order valence-electron chi connectivity index (χ0n) is 26.5. The molecule has 0 unspecified atom stereocenters. The normalized spacial score (nSPS) is 13.9. The number of para-hydroxylation sites is 1. The van der Waals surface area contributed by atoms with Gasteiger partial charge in [0.05, 0.1) is 5.69 Å². The van der Waals surface area contributed by atoms with Crippen molar-refractivity contribution in [2.24, 2.45) is 0 Å². The van der Waals surface area contributed by atoms with Crippen LogP contribution in [0, 0.1) is 0 Å². The van der Waals surface area contributed by atoms with Crippen molar-refractivity contribution in [3.05, 3.63) is 112 Å². The predicted molar refractivity (Wildman–Crippen MR) is 177 cm³/mol. The van der Waals surface area contributed by atoms with Crippen LogP contribution in [-0.4, -0.2) is 27.6 Å². The minimum atomic E-state index is -1.05. The fourth-order valence-corrected chi connectivity index (χ4v) is 6.13. The van der Waals surface area contributed by atoms with Crippen LogP contribution in [0.3, 0.4) is 0 Å². The maximum atomic E-state index is 13.5. The monoisotopic (exact) mass is 599 g/mol.